The first-order valence-electron chi connectivity index (χ1n) is 6.05. The first kappa shape index (κ1) is 16.3. The number of hydrogen-bond acceptors (Lipinski definition) is 3. The molecule has 20 heavy (non-hydrogen) atoms. The maximum Gasteiger partial charge on any atom is 0.573 e. The quantitative estimate of drug-likeness (QED) is 0.873. The van der Waals surface area contributed by atoms with Gasteiger partial charge in [-0.3, -0.25) is 4.79 Å². The summed E-state index contributed by atoms with van der Waals surface area (Å²) >= 11 is 0. The van der Waals surface area contributed by atoms with Gasteiger partial charge in [0.15, 0.2) is 0 Å². The molecule has 112 valence electrons. The molecule has 1 rings (SSSR count). The third-order valence-corrected chi connectivity index (χ3v) is 2.57. The maximum absolute atomic E-state index is 12.1. The molecule has 1 amide bonds. The summed E-state index contributed by atoms with van der Waals surface area (Å²) in [6, 6.07) is 5.60. The van der Waals surface area contributed by atoms with Crippen LogP contribution in [0.4, 0.5) is 13.2 Å². The third-order valence-electron chi connectivity index (χ3n) is 2.57. The van der Waals surface area contributed by atoms with Crippen molar-refractivity contribution >= 4 is 5.91 Å². The van der Waals surface area contributed by atoms with Gasteiger partial charge < -0.3 is 15.0 Å². The van der Waals surface area contributed by atoms with E-state index in [1.54, 1.807) is 20.2 Å². The van der Waals surface area contributed by atoms with Gasteiger partial charge in [-0.05, 0) is 24.7 Å². The average Bonchev–Trinajstić information content (AvgIpc) is 2.34. The molecule has 0 fully saturated rings. The Morgan fingerprint density at radius 3 is 2.70 bits per heavy atom. The minimum Gasteiger partial charge on any atom is -0.406 e. The number of nitrogens with zero attached hydrogens (tertiary/aromatic N) is 1. The molecule has 0 aromatic heterocycles. The van der Waals surface area contributed by atoms with Crippen molar-refractivity contribution < 1.29 is 22.7 Å². The van der Waals surface area contributed by atoms with E-state index in [0.29, 0.717) is 18.5 Å². The van der Waals surface area contributed by atoms with E-state index >= 15 is 0 Å². The number of benzene rings is 1. The van der Waals surface area contributed by atoms with Gasteiger partial charge in [-0.25, -0.2) is 0 Å². The van der Waals surface area contributed by atoms with Gasteiger partial charge in [-0.2, -0.15) is 0 Å². The maximum atomic E-state index is 12.1. The van der Waals surface area contributed by atoms with Gasteiger partial charge in [0.2, 0.25) is 5.91 Å². The van der Waals surface area contributed by atoms with Gasteiger partial charge in [0.25, 0.3) is 0 Å². The molecule has 0 spiro atoms. The number of ether oxygens (including phenoxy) is 1. The summed E-state index contributed by atoms with van der Waals surface area (Å²) in [7, 11) is 3.35. The van der Waals surface area contributed by atoms with Crippen molar-refractivity contribution in [3.63, 3.8) is 0 Å². The zero-order chi connectivity index (χ0) is 15.2. The van der Waals surface area contributed by atoms with Gasteiger partial charge in [-0.1, -0.05) is 12.1 Å². The first-order chi connectivity index (χ1) is 9.31. The van der Waals surface area contributed by atoms with Crippen molar-refractivity contribution in [1.82, 2.24) is 10.2 Å². The minimum atomic E-state index is -4.72. The van der Waals surface area contributed by atoms with Gasteiger partial charge >= 0.3 is 6.36 Å². The number of carbonyl (C=O) groups is 1. The fourth-order valence-electron chi connectivity index (χ4n) is 1.63. The summed E-state index contributed by atoms with van der Waals surface area (Å²) < 4.78 is 40.2. The molecular formula is C13H17F3N2O2. The highest BCUT2D eigenvalue weighted by Gasteiger charge is 2.31. The molecule has 0 bridgehead atoms. The lowest BCUT2D eigenvalue weighted by Crippen LogP contribution is -2.28. The van der Waals surface area contributed by atoms with Crippen molar-refractivity contribution in [3.8, 4) is 5.75 Å². The van der Waals surface area contributed by atoms with Crippen molar-refractivity contribution in [1.29, 1.82) is 0 Å². The molecule has 7 heteroatoms. The van der Waals surface area contributed by atoms with Crippen LogP contribution >= 0.6 is 0 Å². The van der Waals surface area contributed by atoms with Crippen LogP contribution in [-0.2, 0) is 11.3 Å². The predicted molar refractivity (Wildman–Crippen MR) is 68.1 cm³/mol. The molecule has 0 unspecified atom stereocenters. The van der Waals surface area contributed by atoms with Gasteiger partial charge in [-0.15, -0.1) is 13.2 Å². The lowest BCUT2D eigenvalue weighted by Gasteiger charge is -2.18. The summed E-state index contributed by atoms with van der Waals surface area (Å²) in [5, 5.41) is 2.86. The highest BCUT2D eigenvalue weighted by Crippen LogP contribution is 2.23. The Morgan fingerprint density at radius 1 is 1.40 bits per heavy atom. The number of amides is 1. The Hall–Kier alpha value is -1.76. The summed E-state index contributed by atoms with van der Waals surface area (Å²) in [6.07, 6.45) is -4.38. The molecule has 0 heterocycles. The van der Waals surface area contributed by atoms with Crippen molar-refractivity contribution in [2.24, 2.45) is 0 Å². The summed E-state index contributed by atoms with van der Waals surface area (Å²) in [4.78, 5) is 13.2. The van der Waals surface area contributed by atoms with Crippen LogP contribution in [0.5, 0.6) is 5.75 Å². The van der Waals surface area contributed by atoms with Crippen LogP contribution in [0.3, 0.4) is 0 Å². The van der Waals surface area contributed by atoms with Crippen LogP contribution in [0.1, 0.15) is 12.0 Å². The fraction of sp³-hybridized carbons (Fsp3) is 0.462. The van der Waals surface area contributed by atoms with Gasteiger partial charge in [0.1, 0.15) is 5.75 Å². The highest BCUT2D eigenvalue weighted by molar-refractivity contribution is 5.76. The van der Waals surface area contributed by atoms with E-state index in [1.807, 2.05) is 0 Å². The standard InChI is InChI=1S/C13H17F3N2O2/c1-17-7-6-12(19)18(2)9-10-4-3-5-11(8-10)20-13(14,15)16/h3-5,8,17H,6-7,9H2,1-2H3. The number of rotatable bonds is 6. The lowest BCUT2D eigenvalue weighted by atomic mass is 10.2. The smallest absolute Gasteiger partial charge is 0.406 e. The summed E-state index contributed by atoms with van der Waals surface area (Å²) in [6.45, 7) is 0.790. The normalized spacial score (nSPS) is 11.2. The van der Waals surface area contributed by atoms with Crippen molar-refractivity contribution in [3.05, 3.63) is 29.8 Å². The first-order valence-corrected chi connectivity index (χ1v) is 6.05. The molecule has 1 aromatic rings. The summed E-state index contributed by atoms with van der Waals surface area (Å²) in [5.41, 5.74) is 0.576. The fourth-order valence-corrected chi connectivity index (χ4v) is 1.63. The number of hydrogen-bond donors (Lipinski definition) is 1. The number of carbonyl (C=O) groups excluding carboxylic acids is 1. The molecule has 1 N–H and O–H groups in total. The van der Waals surface area contributed by atoms with Crippen molar-refractivity contribution in [2.75, 3.05) is 20.6 Å². The molecule has 4 nitrogen and oxygen atoms in total. The van der Waals surface area contributed by atoms with Crippen LogP contribution in [0.25, 0.3) is 0 Å². The number of halogens is 3. The molecule has 1 aromatic carbocycles. The molecule has 0 aliphatic carbocycles. The average molecular weight is 290 g/mol. The van der Waals surface area contributed by atoms with Crippen molar-refractivity contribution in [2.45, 2.75) is 19.3 Å². The second kappa shape index (κ2) is 7.14. The van der Waals surface area contributed by atoms with E-state index in [1.165, 1.54) is 23.1 Å². The Kier molecular flexibility index (Phi) is 5.82. The molecule has 0 radical (unpaired) electrons. The van der Waals surface area contributed by atoms with Crippen LogP contribution < -0.4 is 10.1 Å². The zero-order valence-corrected chi connectivity index (χ0v) is 11.3. The van der Waals surface area contributed by atoms with Gasteiger partial charge in [0, 0.05) is 26.6 Å². The van der Waals surface area contributed by atoms with E-state index in [4.69, 9.17) is 0 Å². The largest absolute Gasteiger partial charge is 0.573 e. The van der Waals surface area contributed by atoms with E-state index in [9.17, 15) is 18.0 Å². The zero-order valence-electron chi connectivity index (χ0n) is 11.3. The Bertz CT molecular complexity index is 449. The second-order valence-electron chi connectivity index (χ2n) is 4.30. The molecule has 0 aliphatic rings. The van der Waals surface area contributed by atoms with E-state index in [-0.39, 0.29) is 18.2 Å². The van der Waals surface area contributed by atoms with Crippen LogP contribution in [0.15, 0.2) is 24.3 Å². The Morgan fingerprint density at radius 2 is 2.10 bits per heavy atom. The molecule has 0 saturated carbocycles. The third kappa shape index (κ3) is 5.92. The molecule has 0 aliphatic heterocycles. The molecule has 0 saturated heterocycles. The van der Waals surface area contributed by atoms with Crippen LogP contribution in [-0.4, -0.2) is 37.8 Å². The topological polar surface area (TPSA) is 41.6 Å². The second-order valence-corrected chi connectivity index (χ2v) is 4.30. The SMILES string of the molecule is CNCCC(=O)N(C)Cc1cccc(OC(F)(F)F)c1. The van der Waals surface area contributed by atoms with E-state index < -0.39 is 6.36 Å². The predicted octanol–water partition coefficient (Wildman–Crippen LogP) is 2.15. The molecular weight excluding hydrogens is 273 g/mol. The summed E-state index contributed by atoms with van der Waals surface area (Å²) in [5.74, 6) is -0.368. The van der Waals surface area contributed by atoms with Crippen LogP contribution in [0, 0.1) is 0 Å². The monoisotopic (exact) mass is 290 g/mol. The number of alkyl halides is 3. The Labute approximate surface area is 115 Å². The van der Waals surface area contributed by atoms with E-state index in [0.717, 1.165) is 0 Å². The minimum absolute atomic E-state index is 0.0820. The van der Waals surface area contributed by atoms with Gasteiger partial charge in [0.05, 0.1) is 0 Å². The highest BCUT2D eigenvalue weighted by atomic mass is 19.4. The van der Waals surface area contributed by atoms with E-state index in [2.05, 4.69) is 10.1 Å². The Balaban J connectivity index is 2.64. The number of nitrogens with one attached hydrogen (secondary N) is 1. The van der Waals surface area contributed by atoms with Crippen LogP contribution in [0.2, 0.25) is 0 Å². The lowest BCUT2D eigenvalue weighted by molar-refractivity contribution is -0.274. The molecule has 0 atom stereocenters.